The van der Waals surface area contributed by atoms with Crippen molar-refractivity contribution >= 4 is 11.8 Å². The van der Waals surface area contributed by atoms with Crippen molar-refractivity contribution in [2.45, 2.75) is 43.9 Å². The molecule has 134 valence electrons. The normalized spacial score (nSPS) is 24.7. The zero-order valence-electron chi connectivity index (χ0n) is 14.5. The number of likely N-dealkylation sites (tertiary alicyclic amines) is 1. The number of halogens is 1. The maximum Gasteiger partial charge on any atom is 0.225 e. The first-order valence-electron chi connectivity index (χ1n) is 9.40. The van der Waals surface area contributed by atoms with Crippen molar-refractivity contribution in [3.8, 4) is 0 Å². The number of nitrogens with one attached hydrogen (secondary N) is 1. The van der Waals surface area contributed by atoms with Crippen LogP contribution in [0.5, 0.6) is 0 Å². The maximum absolute atomic E-state index is 13.1. The molecule has 1 aliphatic heterocycles. The van der Waals surface area contributed by atoms with Gasteiger partial charge in [-0.15, -0.1) is 0 Å². The molecule has 1 atom stereocenters. The van der Waals surface area contributed by atoms with Gasteiger partial charge in [0.1, 0.15) is 5.82 Å². The van der Waals surface area contributed by atoms with E-state index in [0.29, 0.717) is 13.1 Å². The minimum atomic E-state index is -0.230. The van der Waals surface area contributed by atoms with Gasteiger partial charge in [-0.3, -0.25) is 9.59 Å². The first kappa shape index (κ1) is 16.6. The highest BCUT2D eigenvalue weighted by Crippen LogP contribution is 2.47. The average molecular weight is 344 g/mol. The molecule has 25 heavy (non-hydrogen) atoms. The lowest BCUT2D eigenvalue weighted by molar-refractivity contribution is -0.136. The SMILES string of the molecule is O=C(NCC1(c2ccc(F)cc2)CC1)[C@H]1CCCN(C(=O)C2CC2)C1. The van der Waals surface area contributed by atoms with Crippen LogP contribution in [0.3, 0.4) is 0 Å². The molecule has 3 aliphatic rings. The summed E-state index contributed by atoms with van der Waals surface area (Å²) in [5, 5.41) is 3.10. The maximum atomic E-state index is 13.1. The lowest BCUT2D eigenvalue weighted by Crippen LogP contribution is -2.47. The third-order valence-electron chi connectivity index (χ3n) is 5.94. The first-order chi connectivity index (χ1) is 12.1. The molecule has 0 radical (unpaired) electrons. The summed E-state index contributed by atoms with van der Waals surface area (Å²) >= 11 is 0. The predicted molar refractivity (Wildman–Crippen MR) is 92.3 cm³/mol. The molecule has 1 aromatic rings. The summed E-state index contributed by atoms with van der Waals surface area (Å²) in [7, 11) is 0. The van der Waals surface area contributed by atoms with E-state index >= 15 is 0 Å². The summed E-state index contributed by atoms with van der Waals surface area (Å²) in [6.07, 6.45) is 5.81. The van der Waals surface area contributed by atoms with Crippen molar-refractivity contribution in [1.82, 2.24) is 10.2 Å². The van der Waals surface area contributed by atoms with Gasteiger partial charge < -0.3 is 10.2 Å². The summed E-state index contributed by atoms with van der Waals surface area (Å²) in [4.78, 5) is 26.7. The lowest BCUT2D eigenvalue weighted by Gasteiger charge is -2.32. The van der Waals surface area contributed by atoms with Crippen LogP contribution in [0.2, 0.25) is 0 Å². The Bertz CT molecular complexity index is 665. The third-order valence-corrected chi connectivity index (χ3v) is 5.94. The van der Waals surface area contributed by atoms with E-state index in [0.717, 1.165) is 50.6 Å². The Labute approximate surface area is 147 Å². The highest BCUT2D eigenvalue weighted by Gasteiger charge is 2.45. The van der Waals surface area contributed by atoms with Crippen molar-refractivity contribution in [3.05, 3.63) is 35.6 Å². The Hall–Kier alpha value is -1.91. The fourth-order valence-corrected chi connectivity index (χ4v) is 3.90. The van der Waals surface area contributed by atoms with Gasteiger partial charge in [0.2, 0.25) is 11.8 Å². The molecule has 4 nitrogen and oxygen atoms in total. The standard InChI is InChI=1S/C20H25FN2O2/c21-17-7-5-16(6-8-17)20(9-10-20)13-22-18(24)15-2-1-11-23(12-15)19(25)14-3-4-14/h5-8,14-15H,1-4,9-13H2,(H,22,24)/t15-/m0/s1. The van der Waals surface area contributed by atoms with Crippen LogP contribution < -0.4 is 5.32 Å². The molecule has 0 bridgehead atoms. The Morgan fingerprint density at radius 1 is 1.12 bits per heavy atom. The molecular formula is C20H25FN2O2. The van der Waals surface area contributed by atoms with E-state index in [1.54, 1.807) is 0 Å². The van der Waals surface area contributed by atoms with E-state index in [9.17, 15) is 14.0 Å². The fourth-order valence-electron chi connectivity index (χ4n) is 3.90. The molecule has 0 unspecified atom stereocenters. The van der Waals surface area contributed by atoms with Gasteiger partial charge >= 0.3 is 0 Å². The Morgan fingerprint density at radius 2 is 1.84 bits per heavy atom. The summed E-state index contributed by atoms with van der Waals surface area (Å²) in [5.74, 6) is 0.186. The van der Waals surface area contributed by atoms with Crippen LogP contribution in [0, 0.1) is 17.7 Å². The molecule has 3 fully saturated rings. The van der Waals surface area contributed by atoms with Gasteiger partial charge in [-0.25, -0.2) is 4.39 Å². The molecule has 0 aromatic heterocycles. The number of hydrogen-bond acceptors (Lipinski definition) is 2. The largest absolute Gasteiger partial charge is 0.355 e. The van der Waals surface area contributed by atoms with Gasteiger partial charge in [0.25, 0.3) is 0 Å². The summed E-state index contributed by atoms with van der Waals surface area (Å²) < 4.78 is 13.1. The van der Waals surface area contributed by atoms with Crippen molar-refractivity contribution in [2.24, 2.45) is 11.8 Å². The Kier molecular flexibility index (Phi) is 4.26. The van der Waals surface area contributed by atoms with E-state index in [2.05, 4.69) is 5.32 Å². The number of hydrogen-bond donors (Lipinski definition) is 1. The second-order valence-corrected chi connectivity index (χ2v) is 7.90. The quantitative estimate of drug-likeness (QED) is 0.893. The fraction of sp³-hybridized carbons (Fsp3) is 0.600. The Morgan fingerprint density at radius 3 is 2.48 bits per heavy atom. The zero-order chi connectivity index (χ0) is 17.4. The van der Waals surface area contributed by atoms with Crippen molar-refractivity contribution in [1.29, 1.82) is 0 Å². The van der Waals surface area contributed by atoms with Crippen LogP contribution in [-0.2, 0) is 15.0 Å². The van der Waals surface area contributed by atoms with Crippen LogP contribution in [0.1, 0.15) is 44.1 Å². The monoisotopic (exact) mass is 344 g/mol. The molecule has 2 amide bonds. The molecule has 1 aromatic carbocycles. The molecule has 1 N–H and O–H groups in total. The summed E-state index contributed by atoms with van der Waals surface area (Å²) in [5.41, 5.74) is 1.07. The minimum Gasteiger partial charge on any atom is -0.355 e. The number of rotatable bonds is 5. The summed E-state index contributed by atoms with van der Waals surface area (Å²) in [6.45, 7) is 1.95. The van der Waals surface area contributed by atoms with Gasteiger partial charge in [0, 0.05) is 31.0 Å². The van der Waals surface area contributed by atoms with Gasteiger partial charge in [0.05, 0.1) is 5.92 Å². The minimum absolute atomic E-state index is 0.0262. The van der Waals surface area contributed by atoms with Crippen LogP contribution in [0.15, 0.2) is 24.3 Å². The first-order valence-corrected chi connectivity index (χ1v) is 9.40. The molecule has 2 aliphatic carbocycles. The smallest absolute Gasteiger partial charge is 0.225 e. The molecule has 1 heterocycles. The number of piperidine rings is 1. The molecule has 0 spiro atoms. The van der Waals surface area contributed by atoms with Crippen molar-refractivity contribution < 1.29 is 14.0 Å². The van der Waals surface area contributed by atoms with E-state index in [-0.39, 0.29) is 34.9 Å². The zero-order valence-corrected chi connectivity index (χ0v) is 14.5. The number of carbonyl (C=O) groups excluding carboxylic acids is 2. The number of benzene rings is 1. The van der Waals surface area contributed by atoms with Crippen LogP contribution in [0.25, 0.3) is 0 Å². The molecule has 1 saturated heterocycles. The number of carbonyl (C=O) groups is 2. The van der Waals surface area contributed by atoms with E-state index in [1.165, 1.54) is 12.1 Å². The van der Waals surface area contributed by atoms with Crippen molar-refractivity contribution in [3.63, 3.8) is 0 Å². The molecule has 2 saturated carbocycles. The van der Waals surface area contributed by atoms with Gasteiger partial charge in [-0.05, 0) is 56.2 Å². The number of nitrogens with zero attached hydrogens (tertiary/aromatic N) is 1. The highest BCUT2D eigenvalue weighted by molar-refractivity contribution is 5.83. The van der Waals surface area contributed by atoms with E-state index < -0.39 is 0 Å². The van der Waals surface area contributed by atoms with Crippen LogP contribution in [0.4, 0.5) is 4.39 Å². The molecular weight excluding hydrogens is 319 g/mol. The lowest BCUT2D eigenvalue weighted by atomic mass is 9.94. The third kappa shape index (κ3) is 3.55. The van der Waals surface area contributed by atoms with Crippen LogP contribution >= 0.6 is 0 Å². The van der Waals surface area contributed by atoms with E-state index in [4.69, 9.17) is 0 Å². The Balaban J connectivity index is 1.32. The topological polar surface area (TPSA) is 49.4 Å². The van der Waals surface area contributed by atoms with Crippen LogP contribution in [-0.4, -0.2) is 36.3 Å². The second-order valence-electron chi connectivity index (χ2n) is 7.90. The van der Waals surface area contributed by atoms with Gasteiger partial charge in [0.15, 0.2) is 0 Å². The highest BCUT2D eigenvalue weighted by atomic mass is 19.1. The number of amides is 2. The molecule has 5 heteroatoms. The molecule has 4 rings (SSSR count). The second kappa shape index (κ2) is 6.43. The van der Waals surface area contributed by atoms with Crippen molar-refractivity contribution in [2.75, 3.05) is 19.6 Å². The predicted octanol–water partition coefficient (Wildman–Crippen LogP) is 2.62. The summed E-state index contributed by atoms with van der Waals surface area (Å²) in [6, 6.07) is 6.62. The van der Waals surface area contributed by atoms with E-state index in [1.807, 2.05) is 17.0 Å². The van der Waals surface area contributed by atoms with Gasteiger partial charge in [-0.1, -0.05) is 12.1 Å². The van der Waals surface area contributed by atoms with Gasteiger partial charge in [-0.2, -0.15) is 0 Å². The average Bonchev–Trinajstić information content (AvgIpc) is 3.54.